The van der Waals surface area contributed by atoms with Crippen LogP contribution in [-0.2, 0) is 9.59 Å². The van der Waals surface area contributed by atoms with Crippen LogP contribution in [0.3, 0.4) is 0 Å². The summed E-state index contributed by atoms with van der Waals surface area (Å²) in [5, 5.41) is 9.27. The van der Waals surface area contributed by atoms with Crippen molar-refractivity contribution in [1.82, 2.24) is 4.90 Å². The zero-order valence-electron chi connectivity index (χ0n) is 12.0. The number of carbonyl (C=O) groups excluding carboxylic acids is 1. The molecule has 3 atom stereocenters. The molecule has 0 aromatic heterocycles. The monoisotopic (exact) mass is 267 g/mol. The Labute approximate surface area is 115 Å². The number of nitrogens with zero attached hydrogens (tertiary/aromatic N) is 1. The quantitative estimate of drug-likeness (QED) is 0.854. The summed E-state index contributed by atoms with van der Waals surface area (Å²) < 4.78 is 0. The van der Waals surface area contributed by atoms with Gasteiger partial charge in [-0.05, 0) is 31.1 Å². The Hall–Kier alpha value is -1.06. The van der Waals surface area contributed by atoms with Crippen molar-refractivity contribution in [2.45, 2.75) is 46.0 Å². The maximum atomic E-state index is 12.5. The molecule has 1 saturated carbocycles. The highest BCUT2D eigenvalue weighted by atomic mass is 16.4. The lowest BCUT2D eigenvalue weighted by atomic mass is 9.78. The molecule has 108 valence electrons. The van der Waals surface area contributed by atoms with Crippen molar-refractivity contribution >= 4 is 11.9 Å². The molecule has 2 rings (SSSR count). The number of carboxylic acid groups (broad SMARTS) is 1. The molecule has 0 spiro atoms. The molecule has 0 aromatic rings. The van der Waals surface area contributed by atoms with Crippen molar-refractivity contribution in [1.29, 1.82) is 0 Å². The van der Waals surface area contributed by atoms with Gasteiger partial charge in [-0.3, -0.25) is 9.59 Å². The van der Waals surface area contributed by atoms with Gasteiger partial charge in [0.05, 0.1) is 11.8 Å². The summed E-state index contributed by atoms with van der Waals surface area (Å²) in [6.07, 6.45) is 4.40. The molecule has 1 N–H and O–H groups in total. The van der Waals surface area contributed by atoms with E-state index >= 15 is 0 Å². The number of likely N-dealkylation sites (tertiary alicyclic amines) is 1. The summed E-state index contributed by atoms with van der Waals surface area (Å²) in [4.78, 5) is 25.7. The van der Waals surface area contributed by atoms with E-state index < -0.39 is 11.9 Å². The fourth-order valence-electron chi connectivity index (χ4n) is 3.49. The van der Waals surface area contributed by atoms with E-state index in [1.807, 2.05) is 4.90 Å². The van der Waals surface area contributed by atoms with Crippen molar-refractivity contribution in [2.24, 2.45) is 23.7 Å². The molecule has 0 radical (unpaired) electrons. The van der Waals surface area contributed by atoms with Gasteiger partial charge in [0.1, 0.15) is 0 Å². The molecule has 3 unspecified atom stereocenters. The summed E-state index contributed by atoms with van der Waals surface area (Å²) in [5.74, 6) is -0.264. The van der Waals surface area contributed by atoms with Crippen molar-refractivity contribution in [3.05, 3.63) is 0 Å². The second-order valence-corrected chi connectivity index (χ2v) is 6.41. The highest BCUT2D eigenvalue weighted by molar-refractivity contribution is 5.85. The number of hydrogen-bond donors (Lipinski definition) is 1. The smallest absolute Gasteiger partial charge is 0.307 e. The fraction of sp³-hybridized carbons (Fsp3) is 0.867. The predicted octanol–water partition coefficient (Wildman–Crippen LogP) is 2.38. The van der Waals surface area contributed by atoms with Crippen molar-refractivity contribution in [3.63, 3.8) is 0 Å². The average molecular weight is 267 g/mol. The third kappa shape index (κ3) is 3.10. The molecular formula is C15H25NO3. The van der Waals surface area contributed by atoms with Gasteiger partial charge in [0.2, 0.25) is 5.91 Å². The van der Waals surface area contributed by atoms with Crippen molar-refractivity contribution in [3.8, 4) is 0 Å². The minimum atomic E-state index is -0.794. The Morgan fingerprint density at radius 2 is 1.74 bits per heavy atom. The normalized spacial score (nSPS) is 31.7. The molecule has 1 aliphatic heterocycles. The van der Waals surface area contributed by atoms with Gasteiger partial charge in [-0.15, -0.1) is 0 Å². The molecule has 0 aromatic carbocycles. The van der Waals surface area contributed by atoms with Crippen LogP contribution in [0.15, 0.2) is 0 Å². The van der Waals surface area contributed by atoms with Gasteiger partial charge >= 0.3 is 5.97 Å². The van der Waals surface area contributed by atoms with Crippen LogP contribution in [0.5, 0.6) is 0 Å². The van der Waals surface area contributed by atoms with Gasteiger partial charge < -0.3 is 10.0 Å². The van der Waals surface area contributed by atoms with Gasteiger partial charge in [-0.2, -0.15) is 0 Å². The summed E-state index contributed by atoms with van der Waals surface area (Å²) >= 11 is 0. The zero-order chi connectivity index (χ0) is 14.0. The number of carbonyl (C=O) groups is 2. The summed E-state index contributed by atoms with van der Waals surface area (Å²) in [6, 6.07) is 0. The molecular weight excluding hydrogens is 242 g/mol. The van der Waals surface area contributed by atoms with Gasteiger partial charge in [0, 0.05) is 13.1 Å². The topological polar surface area (TPSA) is 57.6 Å². The summed E-state index contributed by atoms with van der Waals surface area (Å²) in [7, 11) is 0. The SMILES string of the molecule is CC(C)C1CCN(C(=O)C2CCCCC2C(=O)O)C1. The molecule has 2 fully saturated rings. The number of carboxylic acids is 1. The minimum absolute atomic E-state index is 0.0928. The maximum absolute atomic E-state index is 12.5. The Morgan fingerprint density at radius 1 is 1.11 bits per heavy atom. The summed E-state index contributed by atoms with van der Waals surface area (Å²) in [6.45, 7) is 6.02. The lowest BCUT2D eigenvalue weighted by molar-refractivity contribution is -0.152. The predicted molar refractivity (Wildman–Crippen MR) is 72.6 cm³/mol. The van der Waals surface area contributed by atoms with Crippen LogP contribution in [0, 0.1) is 23.7 Å². The highest BCUT2D eigenvalue weighted by Gasteiger charge is 2.39. The Kier molecular flexibility index (Phi) is 4.48. The number of rotatable bonds is 3. The Bertz CT molecular complexity index is 353. The maximum Gasteiger partial charge on any atom is 0.307 e. The van der Waals surface area contributed by atoms with Crippen molar-refractivity contribution in [2.75, 3.05) is 13.1 Å². The van der Waals surface area contributed by atoms with Crippen LogP contribution < -0.4 is 0 Å². The van der Waals surface area contributed by atoms with Gasteiger partial charge in [-0.25, -0.2) is 0 Å². The fourth-order valence-corrected chi connectivity index (χ4v) is 3.49. The number of amides is 1. The molecule has 1 saturated heterocycles. The molecule has 4 heteroatoms. The van der Waals surface area contributed by atoms with E-state index in [2.05, 4.69) is 13.8 Å². The van der Waals surface area contributed by atoms with E-state index in [9.17, 15) is 14.7 Å². The standard InChI is InChI=1S/C15H25NO3/c1-10(2)11-7-8-16(9-11)14(17)12-5-3-4-6-13(12)15(18)19/h10-13H,3-9H2,1-2H3,(H,18,19). The lowest BCUT2D eigenvalue weighted by Crippen LogP contribution is -2.41. The van der Waals surface area contributed by atoms with E-state index in [0.29, 0.717) is 18.3 Å². The number of aliphatic carboxylic acids is 1. The van der Waals surface area contributed by atoms with Crippen molar-refractivity contribution < 1.29 is 14.7 Å². The van der Waals surface area contributed by atoms with Gasteiger partial charge in [0.25, 0.3) is 0 Å². The third-order valence-electron chi connectivity index (χ3n) is 4.88. The van der Waals surface area contributed by atoms with Crippen LogP contribution in [0.25, 0.3) is 0 Å². The molecule has 1 heterocycles. The first-order valence-corrected chi connectivity index (χ1v) is 7.52. The molecule has 1 aliphatic carbocycles. The van der Waals surface area contributed by atoms with E-state index in [-0.39, 0.29) is 11.8 Å². The van der Waals surface area contributed by atoms with E-state index in [1.165, 1.54) is 0 Å². The van der Waals surface area contributed by atoms with Gasteiger partial charge in [-0.1, -0.05) is 26.7 Å². The first kappa shape index (κ1) is 14.4. The van der Waals surface area contributed by atoms with E-state index in [4.69, 9.17) is 0 Å². The first-order valence-electron chi connectivity index (χ1n) is 7.52. The molecule has 1 amide bonds. The first-order chi connectivity index (χ1) is 9.00. The van der Waals surface area contributed by atoms with Crippen LogP contribution in [0.4, 0.5) is 0 Å². The van der Waals surface area contributed by atoms with E-state index in [1.54, 1.807) is 0 Å². The average Bonchev–Trinajstić information content (AvgIpc) is 2.87. The van der Waals surface area contributed by atoms with E-state index in [0.717, 1.165) is 38.8 Å². The van der Waals surface area contributed by atoms with Crippen LogP contribution in [0.1, 0.15) is 46.0 Å². The molecule has 2 aliphatic rings. The van der Waals surface area contributed by atoms with Crippen LogP contribution in [0.2, 0.25) is 0 Å². The van der Waals surface area contributed by atoms with Crippen LogP contribution in [-0.4, -0.2) is 35.0 Å². The third-order valence-corrected chi connectivity index (χ3v) is 4.88. The lowest BCUT2D eigenvalue weighted by Gasteiger charge is -2.31. The Balaban J connectivity index is 2.00. The minimum Gasteiger partial charge on any atom is -0.481 e. The van der Waals surface area contributed by atoms with Crippen LogP contribution >= 0.6 is 0 Å². The second kappa shape index (κ2) is 5.93. The largest absolute Gasteiger partial charge is 0.481 e. The number of hydrogen-bond acceptors (Lipinski definition) is 2. The van der Waals surface area contributed by atoms with Gasteiger partial charge in [0.15, 0.2) is 0 Å². The second-order valence-electron chi connectivity index (χ2n) is 6.41. The molecule has 19 heavy (non-hydrogen) atoms. The summed E-state index contributed by atoms with van der Waals surface area (Å²) in [5.41, 5.74) is 0. The highest BCUT2D eigenvalue weighted by Crippen LogP contribution is 2.34. The Morgan fingerprint density at radius 3 is 2.26 bits per heavy atom. The molecule has 4 nitrogen and oxygen atoms in total. The zero-order valence-corrected chi connectivity index (χ0v) is 12.0. The molecule has 0 bridgehead atoms.